The molecule has 0 fully saturated rings. The van der Waals surface area contributed by atoms with Crippen molar-refractivity contribution in [2.45, 2.75) is 6.54 Å². The van der Waals surface area contributed by atoms with E-state index in [2.05, 4.69) is 15.7 Å². The van der Waals surface area contributed by atoms with E-state index in [4.69, 9.17) is 5.84 Å². The lowest BCUT2D eigenvalue weighted by molar-refractivity contribution is -0.384. The van der Waals surface area contributed by atoms with Crippen LogP contribution in [0.25, 0.3) is 0 Å². The van der Waals surface area contributed by atoms with Crippen LogP contribution in [-0.2, 0) is 6.54 Å². The first-order chi connectivity index (χ1) is 8.69. The number of rotatable bonds is 5. The molecule has 94 valence electrons. The van der Waals surface area contributed by atoms with E-state index in [1.54, 1.807) is 11.3 Å². The number of nitrogens with zero attached hydrogens (tertiary/aromatic N) is 2. The smallest absolute Gasteiger partial charge is 0.276 e. The molecule has 0 spiro atoms. The number of anilines is 2. The highest BCUT2D eigenvalue weighted by molar-refractivity contribution is 7.09. The first-order valence-electron chi connectivity index (χ1n) is 5.08. The molecular weight excluding hydrogens is 254 g/mol. The maximum absolute atomic E-state index is 10.7. The normalized spacial score (nSPS) is 10.1. The summed E-state index contributed by atoms with van der Waals surface area (Å²) in [5.41, 5.74) is 2.24. The lowest BCUT2D eigenvalue weighted by Gasteiger charge is -2.06. The Labute approximate surface area is 107 Å². The van der Waals surface area contributed by atoms with Gasteiger partial charge in [0.1, 0.15) is 11.6 Å². The van der Waals surface area contributed by atoms with E-state index in [0.717, 1.165) is 4.88 Å². The summed E-state index contributed by atoms with van der Waals surface area (Å²) >= 11 is 1.60. The molecule has 0 amide bonds. The summed E-state index contributed by atoms with van der Waals surface area (Å²) < 4.78 is 0. The Morgan fingerprint density at radius 2 is 2.22 bits per heavy atom. The fraction of sp³-hybridized carbons (Fsp3) is 0.100. The van der Waals surface area contributed by atoms with Crippen molar-refractivity contribution in [1.29, 1.82) is 0 Å². The Morgan fingerprint density at radius 1 is 1.44 bits per heavy atom. The van der Waals surface area contributed by atoms with Gasteiger partial charge in [0.05, 0.1) is 23.6 Å². The van der Waals surface area contributed by atoms with Crippen molar-refractivity contribution < 1.29 is 4.92 Å². The van der Waals surface area contributed by atoms with Gasteiger partial charge in [-0.25, -0.2) is 10.8 Å². The van der Waals surface area contributed by atoms with Gasteiger partial charge in [-0.2, -0.15) is 0 Å². The number of pyridine rings is 1. The van der Waals surface area contributed by atoms with Crippen molar-refractivity contribution in [2.24, 2.45) is 5.84 Å². The van der Waals surface area contributed by atoms with Crippen LogP contribution in [0, 0.1) is 10.1 Å². The second-order valence-corrected chi connectivity index (χ2v) is 4.46. The molecule has 0 aromatic carbocycles. The van der Waals surface area contributed by atoms with E-state index >= 15 is 0 Å². The SMILES string of the molecule is NNc1cc([N+](=O)[O-])cc(NCc2cccs2)n1. The molecule has 0 radical (unpaired) electrons. The average molecular weight is 265 g/mol. The Balaban J connectivity index is 2.16. The van der Waals surface area contributed by atoms with Crippen molar-refractivity contribution in [3.63, 3.8) is 0 Å². The van der Waals surface area contributed by atoms with Crippen molar-refractivity contribution >= 4 is 28.7 Å². The van der Waals surface area contributed by atoms with Gasteiger partial charge in [0.2, 0.25) is 0 Å². The number of nitrogen functional groups attached to an aromatic ring is 1. The molecule has 0 saturated carbocycles. The molecule has 2 heterocycles. The summed E-state index contributed by atoms with van der Waals surface area (Å²) in [6.07, 6.45) is 0. The summed E-state index contributed by atoms with van der Waals surface area (Å²) in [6, 6.07) is 6.55. The Morgan fingerprint density at radius 3 is 2.83 bits per heavy atom. The number of aromatic nitrogens is 1. The molecule has 0 bridgehead atoms. The maximum Gasteiger partial charge on any atom is 0.276 e. The zero-order valence-electron chi connectivity index (χ0n) is 9.29. The van der Waals surface area contributed by atoms with Crippen LogP contribution < -0.4 is 16.6 Å². The zero-order chi connectivity index (χ0) is 13.0. The maximum atomic E-state index is 10.7. The van der Waals surface area contributed by atoms with Gasteiger partial charge >= 0.3 is 0 Å². The monoisotopic (exact) mass is 265 g/mol. The van der Waals surface area contributed by atoms with E-state index in [1.165, 1.54) is 12.1 Å². The molecule has 0 aliphatic rings. The third-order valence-corrected chi connectivity index (χ3v) is 3.07. The summed E-state index contributed by atoms with van der Waals surface area (Å²) in [7, 11) is 0. The number of hydrazine groups is 1. The van der Waals surface area contributed by atoms with Gasteiger partial charge in [-0.1, -0.05) is 6.07 Å². The van der Waals surface area contributed by atoms with Gasteiger partial charge in [-0.3, -0.25) is 10.1 Å². The molecule has 0 aliphatic carbocycles. The average Bonchev–Trinajstić information content (AvgIpc) is 2.89. The number of hydrogen-bond donors (Lipinski definition) is 3. The summed E-state index contributed by atoms with van der Waals surface area (Å²) in [5.74, 6) is 5.87. The van der Waals surface area contributed by atoms with Gasteiger partial charge in [0, 0.05) is 4.88 Å². The highest BCUT2D eigenvalue weighted by Gasteiger charge is 2.10. The van der Waals surface area contributed by atoms with Crippen LogP contribution in [0.4, 0.5) is 17.3 Å². The van der Waals surface area contributed by atoms with Gasteiger partial charge in [-0.15, -0.1) is 11.3 Å². The number of nitrogens with two attached hydrogens (primary N) is 1. The molecule has 0 saturated heterocycles. The molecule has 18 heavy (non-hydrogen) atoms. The lowest BCUT2D eigenvalue weighted by Crippen LogP contribution is -2.10. The molecule has 7 nitrogen and oxygen atoms in total. The Hall–Kier alpha value is -2.19. The van der Waals surface area contributed by atoms with E-state index in [9.17, 15) is 10.1 Å². The van der Waals surface area contributed by atoms with Gasteiger partial charge < -0.3 is 10.7 Å². The van der Waals surface area contributed by atoms with Gasteiger partial charge in [-0.05, 0) is 11.4 Å². The molecule has 0 aliphatic heterocycles. The third-order valence-electron chi connectivity index (χ3n) is 2.19. The minimum Gasteiger partial charge on any atom is -0.365 e. The van der Waals surface area contributed by atoms with E-state index in [0.29, 0.717) is 12.4 Å². The van der Waals surface area contributed by atoms with Gasteiger partial charge in [0.25, 0.3) is 5.69 Å². The van der Waals surface area contributed by atoms with E-state index in [-0.39, 0.29) is 11.5 Å². The minimum absolute atomic E-state index is 0.0633. The standard InChI is InChI=1S/C10H11N5O2S/c11-14-10-5-7(15(16)17)4-9(13-10)12-6-8-2-1-3-18-8/h1-5H,6,11H2,(H2,12,13,14). The van der Waals surface area contributed by atoms with Crippen LogP contribution in [0.3, 0.4) is 0 Å². The predicted molar refractivity (Wildman–Crippen MR) is 70.3 cm³/mol. The predicted octanol–water partition coefficient (Wildman–Crippen LogP) is 1.95. The van der Waals surface area contributed by atoms with E-state index < -0.39 is 4.92 Å². The first kappa shape index (κ1) is 12.3. The summed E-state index contributed by atoms with van der Waals surface area (Å²) in [6.45, 7) is 0.565. The number of nitrogens with one attached hydrogen (secondary N) is 2. The Kier molecular flexibility index (Phi) is 3.70. The molecule has 2 aromatic heterocycles. The lowest BCUT2D eigenvalue weighted by atomic mass is 10.3. The zero-order valence-corrected chi connectivity index (χ0v) is 10.1. The topological polar surface area (TPSA) is 106 Å². The second kappa shape index (κ2) is 5.43. The largest absolute Gasteiger partial charge is 0.365 e. The molecule has 2 aromatic rings. The van der Waals surface area contributed by atoms with Crippen LogP contribution >= 0.6 is 11.3 Å². The molecular formula is C10H11N5O2S. The first-order valence-corrected chi connectivity index (χ1v) is 5.96. The van der Waals surface area contributed by atoms with Gasteiger partial charge in [0.15, 0.2) is 0 Å². The number of hydrogen-bond acceptors (Lipinski definition) is 7. The highest BCUT2D eigenvalue weighted by atomic mass is 32.1. The second-order valence-electron chi connectivity index (χ2n) is 3.43. The van der Waals surface area contributed by atoms with Crippen LogP contribution in [0.2, 0.25) is 0 Å². The van der Waals surface area contributed by atoms with Crippen molar-refractivity contribution in [3.8, 4) is 0 Å². The molecule has 0 unspecified atom stereocenters. The highest BCUT2D eigenvalue weighted by Crippen LogP contribution is 2.21. The number of nitro groups is 1. The van der Waals surface area contributed by atoms with Crippen LogP contribution in [0.15, 0.2) is 29.6 Å². The van der Waals surface area contributed by atoms with Crippen LogP contribution in [0.5, 0.6) is 0 Å². The van der Waals surface area contributed by atoms with Crippen LogP contribution in [0.1, 0.15) is 4.88 Å². The fourth-order valence-corrected chi connectivity index (χ4v) is 2.02. The van der Waals surface area contributed by atoms with Crippen LogP contribution in [-0.4, -0.2) is 9.91 Å². The van der Waals surface area contributed by atoms with Crippen molar-refractivity contribution in [2.75, 3.05) is 10.7 Å². The molecule has 8 heteroatoms. The molecule has 2 rings (SSSR count). The van der Waals surface area contributed by atoms with Crippen molar-refractivity contribution in [3.05, 3.63) is 44.6 Å². The minimum atomic E-state index is -0.487. The summed E-state index contributed by atoms with van der Waals surface area (Å²) in [4.78, 5) is 15.5. The fourth-order valence-electron chi connectivity index (χ4n) is 1.38. The number of thiophene rings is 1. The molecule has 4 N–H and O–H groups in total. The summed E-state index contributed by atoms with van der Waals surface area (Å²) in [5, 5.41) is 15.7. The molecule has 0 atom stereocenters. The van der Waals surface area contributed by atoms with E-state index in [1.807, 2.05) is 17.5 Å². The third kappa shape index (κ3) is 2.93. The quantitative estimate of drug-likeness (QED) is 0.433. The van der Waals surface area contributed by atoms with Crippen molar-refractivity contribution in [1.82, 2.24) is 4.98 Å². The Bertz CT molecular complexity index is 543.